The number of ether oxygens (including phenoxy) is 4. The van der Waals surface area contributed by atoms with E-state index in [9.17, 15) is 0 Å². The van der Waals surface area contributed by atoms with Crippen LogP contribution in [0.25, 0.3) is 7.16 Å². The van der Waals surface area contributed by atoms with Crippen molar-refractivity contribution in [3.63, 3.8) is 0 Å². The zero-order valence-corrected chi connectivity index (χ0v) is 19.3. The van der Waals surface area contributed by atoms with Gasteiger partial charge < -0.3 is 18.9 Å². The maximum absolute atomic E-state index is 6.23. The molecule has 2 aromatic carbocycles. The SMILES string of the molecule is IC1=C2CCO[C@H]3OC(=C(I)c4ccccc43)CCO[C@@H](O2)c2ccccc21. The summed E-state index contributed by atoms with van der Waals surface area (Å²) in [7, 11) is 0. The first-order chi connectivity index (χ1) is 13.7. The molecule has 0 aliphatic carbocycles. The molecule has 3 aliphatic heterocycles. The maximum Gasteiger partial charge on any atom is 0.226 e. The Hall–Kier alpha value is -1.10. The molecule has 3 aliphatic rings. The van der Waals surface area contributed by atoms with Gasteiger partial charge in [0.2, 0.25) is 12.6 Å². The van der Waals surface area contributed by atoms with E-state index in [1.165, 1.54) is 11.1 Å². The van der Waals surface area contributed by atoms with Crippen molar-refractivity contribution in [2.24, 2.45) is 0 Å². The van der Waals surface area contributed by atoms with Crippen LogP contribution < -0.4 is 0 Å². The summed E-state index contributed by atoms with van der Waals surface area (Å²) in [6.45, 7) is 1.03. The Bertz CT molecular complexity index is 903. The van der Waals surface area contributed by atoms with Crippen molar-refractivity contribution in [1.82, 2.24) is 0 Å². The lowest BCUT2D eigenvalue weighted by atomic mass is 10.0. The van der Waals surface area contributed by atoms with Crippen molar-refractivity contribution in [2.45, 2.75) is 25.4 Å². The molecule has 1 saturated heterocycles. The van der Waals surface area contributed by atoms with E-state index in [-0.39, 0.29) is 0 Å². The molecule has 0 saturated carbocycles. The lowest BCUT2D eigenvalue weighted by Gasteiger charge is -2.32. The van der Waals surface area contributed by atoms with Crippen LogP contribution in [0.3, 0.4) is 0 Å². The molecule has 0 N–H and O–H groups in total. The molecular weight excluding hydrogens is 582 g/mol. The van der Waals surface area contributed by atoms with E-state index < -0.39 is 12.6 Å². The van der Waals surface area contributed by atoms with Gasteiger partial charge in [0.25, 0.3) is 0 Å². The van der Waals surface area contributed by atoms with Crippen molar-refractivity contribution < 1.29 is 18.9 Å². The molecular formula is C22H18I2O4. The molecule has 1 fully saturated rings. The quantitative estimate of drug-likeness (QED) is 0.325. The molecule has 0 amide bonds. The van der Waals surface area contributed by atoms with Crippen molar-refractivity contribution in [2.75, 3.05) is 13.2 Å². The van der Waals surface area contributed by atoms with Crippen LogP contribution in [-0.2, 0) is 18.9 Å². The molecule has 0 aromatic heterocycles. The first kappa shape index (κ1) is 18.9. The maximum atomic E-state index is 6.23. The van der Waals surface area contributed by atoms with E-state index in [1.807, 2.05) is 12.1 Å². The highest BCUT2D eigenvalue weighted by Gasteiger charge is 2.31. The Balaban J connectivity index is 1.51. The van der Waals surface area contributed by atoms with E-state index in [2.05, 4.69) is 81.6 Å². The number of fused-ring (bicyclic) bond motifs is 8. The topological polar surface area (TPSA) is 36.9 Å². The summed E-state index contributed by atoms with van der Waals surface area (Å²) in [6.07, 6.45) is 0.554. The summed E-state index contributed by atoms with van der Waals surface area (Å²) >= 11 is 4.72. The Morgan fingerprint density at radius 3 is 1.54 bits per heavy atom. The van der Waals surface area contributed by atoms with E-state index in [4.69, 9.17) is 18.9 Å². The van der Waals surface area contributed by atoms with Crippen LogP contribution in [-0.4, -0.2) is 13.2 Å². The molecule has 2 aromatic rings. The standard InChI is InChI=1S/C22H18I2O4/c23-19-13-5-1-3-7-15(13)21-25-12-10-18-20(24)14-6-2-4-8-16(14)22(28-18)26-11-9-17(19)27-21/h1-8,21-22H,9-12H2/t21-,22-/m0/s1. The third kappa shape index (κ3) is 3.38. The summed E-state index contributed by atoms with van der Waals surface area (Å²) < 4.78 is 27.0. The molecule has 0 radical (unpaired) electrons. The van der Waals surface area contributed by atoms with Crippen LogP contribution >= 0.6 is 45.2 Å². The molecule has 4 nitrogen and oxygen atoms in total. The average molecular weight is 600 g/mol. The minimum absolute atomic E-state index is 0.394. The molecule has 4 bridgehead atoms. The highest BCUT2D eigenvalue weighted by atomic mass is 127. The van der Waals surface area contributed by atoms with E-state index >= 15 is 0 Å². The highest BCUT2D eigenvalue weighted by Crippen LogP contribution is 2.44. The fourth-order valence-corrected chi connectivity index (χ4v) is 5.47. The van der Waals surface area contributed by atoms with E-state index in [1.54, 1.807) is 0 Å². The number of rotatable bonds is 0. The second-order valence-corrected chi connectivity index (χ2v) is 8.95. The van der Waals surface area contributed by atoms with E-state index in [0.717, 1.165) is 29.8 Å². The second kappa shape index (κ2) is 7.97. The molecule has 0 unspecified atom stereocenters. The highest BCUT2D eigenvalue weighted by molar-refractivity contribution is 14.1. The Labute approximate surface area is 191 Å². The van der Waals surface area contributed by atoms with Crippen LogP contribution in [0.15, 0.2) is 60.0 Å². The lowest BCUT2D eigenvalue weighted by Crippen LogP contribution is -2.21. The van der Waals surface area contributed by atoms with Gasteiger partial charge >= 0.3 is 0 Å². The minimum Gasteiger partial charge on any atom is -0.464 e. The van der Waals surface area contributed by atoms with Gasteiger partial charge in [0.05, 0.1) is 20.4 Å². The molecule has 6 heteroatoms. The van der Waals surface area contributed by atoms with Gasteiger partial charge in [-0.15, -0.1) is 0 Å². The number of benzene rings is 2. The second-order valence-electron chi connectivity index (χ2n) is 6.79. The molecule has 2 atom stereocenters. The largest absolute Gasteiger partial charge is 0.464 e. The predicted octanol–water partition coefficient (Wildman–Crippen LogP) is 6.48. The molecule has 3 heterocycles. The van der Waals surface area contributed by atoms with Crippen LogP contribution in [0.5, 0.6) is 0 Å². The normalized spacial score (nSPS) is 24.2. The zero-order chi connectivity index (χ0) is 19.1. The van der Waals surface area contributed by atoms with Crippen LogP contribution in [0.2, 0.25) is 0 Å². The first-order valence-corrected chi connectivity index (χ1v) is 11.4. The van der Waals surface area contributed by atoms with Gasteiger partial charge in [-0.3, -0.25) is 0 Å². The van der Waals surface area contributed by atoms with Crippen LogP contribution in [0.4, 0.5) is 0 Å². The van der Waals surface area contributed by atoms with E-state index in [0.29, 0.717) is 26.1 Å². The third-order valence-corrected chi connectivity index (χ3v) is 7.45. The summed E-state index contributed by atoms with van der Waals surface area (Å²) in [4.78, 5) is 0. The molecule has 28 heavy (non-hydrogen) atoms. The van der Waals surface area contributed by atoms with Gasteiger partial charge in [-0.2, -0.15) is 0 Å². The fraction of sp³-hybridized carbons (Fsp3) is 0.273. The van der Waals surface area contributed by atoms with Gasteiger partial charge in [0, 0.05) is 35.1 Å². The fourth-order valence-electron chi connectivity index (χ4n) is 3.70. The van der Waals surface area contributed by atoms with Crippen molar-refractivity contribution in [3.05, 3.63) is 82.3 Å². The van der Waals surface area contributed by atoms with Gasteiger partial charge in [0.15, 0.2) is 0 Å². The van der Waals surface area contributed by atoms with Gasteiger partial charge in [0.1, 0.15) is 11.5 Å². The zero-order valence-electron chi connectivity index (χ0n) is 15.0. The average Bonchev–Trinajstić information content (AvgIpc) is 2.72. The Morgan fingerprint density at radius 2 is 1.07 bits per heavy atom. The third-order valence-electron chi connectivity index (χ3n) is 5.09. The van der Waals surface area contributed by atoms with Crippen molar-refractivity contribution in [3.8, 4) is 0 Å². The number of hydrogen-bond donors (Lipinski definition) is 0. The predicted molar refractivity (Wildman–Crippen MR) is 124 cm³/mol. The molecule has 0 spiro atoms. The van der Waals surface area contributed by atoms with Crippen LogP contribution in [0, 0.1) is 0 Å². The Kier molecular flexibility index (Phi) is 5.38. The lowest BCUT2D eigenvalue weighted by molar-refractivity contribution is -0.152. The first-order valence-electron chi connectivity index (χ1n) is 9.25. The summed E-state index contributed by atoms with van der Waals surface area (Å²) in [5, 5.41) is 0. The molecule has 144 valence electrons. The summed E-state index contributed by atoms with van der Waals surface area (Å²) in [5.41, 5.74) is 4.51. The van der Waals surface area contributed by atoms with Crippen molar-refractivity contribution >= 4 is 52.3 Å². The summed E-state index contributed by atoms with van der Waals surface area (Å²) in [6, 6.07) is 16.6. The summed E-state index contributed by atoms with van der Waals surface area (Å²) in [5.74, 6) is 1.83. The number of hydrogen-bond acceptors (Lipinski definition) is 4. The molecule has 5 rings (SSSR count). The van der Waals surface area contributed by atoms with Gasteiger partial charge in [-0.25, -0.2) is 0 Å². The smallest absolute Gasteiger partial charge is 0.226 e. The number of halogens is 2. The van der Waals surface area contributed by atoms with Crippen LogP contribution in [0.1, 0.15) is 47.7 Å². The van der Waals surface area contributed by atoms with Gasteiger partial charge in [-0.1, -0.05) is 48.5 Å². The van der Waals surface area contributed by atoms with Gasteiger partial charge in [-0.05, 0) is 45.2 Å². The van der Waals surface area contributed by atoms with Crippen molar-refractivity contribution in [1.29, 1.82) is 0 Å². The monoisotopic (exact) mass is 600 g/mol. The minimum atomic E-state index is -0.394. The Morgan fingerprint density at radius 1 is 0.643 bits per heavy atom.